The van der Waals surface area contributed by atoms with E-state index < -0.39 is 11.7 Å². The lowest BCUT2D eigenvalue weighted by atomic mass is 9.99. The van der Waals surface area contributed by atoms with E-state index in [0.29, 0.717) is 24.8 Å². The van der Waals surface area contributed by atoms with Crippen LogP contribution in [0.5, 0.6) is 0 Å². The molecule has 0 saturated carbocycles. The number of halogens is 3. The summed E-state index contributed by atoms with van der Waals surface area (Å²) in [6, 6.07) is 12.3. The number of alkyl halides is 3. The van der Waals surface area contributed by atoms with Crippen LogP contribution in [0.15, 0.2) is 48.7 Å². The van der Waals surface area contributed by atoms with Crippen molar-refractivity contribution in [3.8, 4) is 0 Å². The van der Waals surface area contributed by atoms with Gasteiger partial charge in [0.05, 0.1) is 11.3 Å². The zero-order valence-electron chi connectivity index (χ0n) is 18.6. The van der Waals surface area contributed by atoms with Gasteiger partial charge in [0.1, 0.15) is 0 Å². The van der Waals surface area contributed by atoms with E-state index in [1.165, 1.54) is 12.1 Å². The highest BCUT2D eigenvalue weighted by Gasteiger charge is 2.34. The third-order valence-corrected chi connectivity index (χ3v) is 6.61. The number of pyridine rings is 1. The largest absolute Gasteiger partial charge is 0.416 e. The predicted octanol–water partition coefficient (Wildman–Crippen LogP) is 3.48. The summed E-state index contributed by atoms with van der Waals surface area (Å²) in [5.41, 5.74) is 1.17. The number of nitrogens with zero attached hydrogens (tertiary/aromatic N) is 4. The molecule has 2 saturated heterocycles. The lowest BCUT2D eigenvalue weighted by Gasteiger charge is -2.45. The minimum absolute atomic E-state index is 0.227. The lowest BCUT2D eigenvalue weighted by Crippen LogP contribution is -2.62. The van der Waals surface area contributed by atoms with Crippen LogP contribution < -0.4 is 10.2 Å². The second-order valence-electron chi connectivity index (χ2n) is 8.66. The predicted molar refractivity (Wildman–Crippen MR) is 121 cm³/mol. The molecule has 1 aromatic carbocycles. The average Bonchev–Trinajstić information content (AvgIpc) is 2.81. The fraction of sp³-hybridized carbons (Fsp3) is 0.542. The van der Waals surface area contributed by atoms with Crippen LogP contribution in [-0.4, -0.2) is 72.7 Å². The van der Waals surface area contributed by atoms with Crippen LogP contribution in [0.1, 0.15) is 24.6 Å². The maximum absolute atomic E-state index is 13.2. The quantitative estimate of drug-likeness (QED) is 0.734. The number of rotatable bonds is 6. The van der Waals surface area contributed by atoms with Crippen molar-refractivity contribution in [2.75, 3.05) is 50.7 Å². The minimum atomic E-state index is -4.32. The molecule has 0 radical (unpaired) electrons. The Morgan fingerprint density at radius 3 is 2.56 bits per heavy atom. The number of nitrogens with one attached hydrogen (secondary N) is 1. The molecule has 2 atom stereocenters. The van der Waals surface area contributed by atoms with Gasteiger partial charge in [-0.1, -0.05) is 19.1 Å². The van der Waals surface area contributed by atoms with Gasteiger partial charge in [-0.15, -0.1) is 0 Å². The van der Waals surface area contributed by atoms with Gasteiger partial charge in [0, 0.05) is 76.3 Å². The van der Waals surface area contributed by atoms with Gasteiger partial charge in [0.25, 0.3) is 0 Å². The molecule has 0 amide bonds. The zero-order chi connectivity index (χ0) is 22.6. The molecule has 1 N–H and O–H groups in total. The van der Waals surface area contributed by atoms with Crippen molar-refractivity contribution in [1.29, 1.82) is 0 Å². The molecule has 4 rings (SSSR count). The summed E-state index contributed by atoms with van der Waals surface area (Å²) in [4.78, 5) is 11.5. The smallest absolute Gasteiger partial charge is 0.369 e. The van der Waals surface area contributed by atoms with Gasteiger partial charge in [-0.25, -0.2) is 0 Å². The summed E-state index contributed by atoms with van der Waals surface area (Å²) in [5, 5.41) is 3.63. The molecule has 3 heterocycles. The van der Waals surface area contributed by atoms with Crippen molar-refractivity contribution in [1.82, 2.24) is 20.1 Å². The van der Waals surface area contributed by atoms with Crippen molar-refractivity contribution in [2.45, 2.75) is 38.1 Å². The van der Waals surface area contributed by atoms with E-state index in [1.807, 2.05) is 18.3 Å². The van der Waals surface area contributed by atoms with Crippen LogP contribution in [0.25, 0.3) is 0 Å². The number of piperazine rings is 2. The van der Waals surface area contributed by atoms with Crippen LogP contribution in [0.4, 0.5) is 18.9 Å². The summed E-state index contributed by atoms with van der Waals surface area (Å²) < 4.78 is 39.5. The molecule has 0 aliphatic carbocycles. The highest BCUT2D eigenvalue weighted by molar-refractivity contribution is 5.50. The summed E-state index contributed by atoms with van der Waals surface area (Å²) in [6.07, 6.45) is -1.47. The summed E-state index contributed by atoms with van der Waals surface area (Å²) in [6.45, 7) is 9.26. The molecule has 1 aromatic heterocycles. The highest BCUT2D eigenvalue weighted by Crippen LogP contribution is 2.32. The lowest BCUT2D eigenvalue weighted by molar-refractivity contribution is -0.137. The second-order valence-corrected chi connectivity index (χ2v) is 8.66. The van der Waals surface area contributed by atoms with Gasteiger partial charge >= 0.3 is 6.18 Å². The molecule has 2 fully saturated rings. The number of aromatic nitrogens is 1. The maximum Gasteiger partial charge on any atom is 0.416 e. The third kappa shape index (κ3) is 5.60. The Labute approximate surface area is 188 Å². The van der Waals surface area contributed by atoms with Gasteiger partial charge in [-0.3, -0.25) is 14.8 Å². The van der Waals surface area contributed by atoms with Gasteiger partial charge in [0.15, 0.2) is 0 Å². The van der Waals surface area contributed by atoms with Crippen LogP contribution in [0, 0.1) is 0 Å². The minimum Gasteiger partial charge on any atom is -0.369 e. The highest BCUT2D eigenvalue weighted by atomic mass is 19.4. The van der Waals surface area contributed by atoms with Crippen LogP contribution >= 0.6 is 0 Å². The molecule has 0 bridgehead atoms. The van der Waals surface area contributed by atoms with Crippen LogP contribution in [0.2, 0.25) is 0 Å². The molecular formula is C24H32F3N5. The Kier molecular flexibility index (Phi) is 7.33. The first kappa shape index (κ1) is 23.0. The molecular weight excluding hydrogens is 415 g/mol. The molecule has 5 nitrogen and oxygen atoms in total. The Morgan fingerprint density at radius 2 is 1.88 bits per heavy atom. The van der Waals surface area contributed by atoms with Crippen molar-refractivity contribution in [2.24, 2.45) is 0 Å². The first-order valence-corrected chi connectivity index (χ1v) is 11.5. The van der Waals surface area contributed by atoms with E-state index in [4.69, 9.17) is 0 Å². The van der Waals surface area contributed by atoms with Gasteiger partial charge in [0.2, 0.25) is 0 Å². The Bertz CT molecular complexity index is 852. The Hall–Kier alpha value is -2.16. The first-order valence-electron chi connectivity index (χ1n) is 11.5. The van der Waals surface area contributed by atoms with E-state index in [1.54, 1.807) is 6.07 Å². The topological polar surface area (TPSA) is 34.6 Å². The second kappa shape index (κ2) is 10.2. The Morgan fingerprint density at radius 1 is 1.06 bits per heavy atom. The van der Waals surface area contributed by atoms with Crippen molar-refractivity contribution in [3.63, 3.8) is 0 Å². The van der Waals surface area contributed by atoms with E-state index in [9.17, 15) is 13.2 Å². The van der Waals surface area contributed by atoms with Gasteiger partial charge < -0.3 is 10.2 Å². The van der Waals surface area contributed by atoms with E-state index in [2.05, 4.69) is 38.0 Å². The monoisotopic (exact) mass is 447 g/mol. The number of hydrogen-bond donors (Lipinski definition) is 1. The first-order chi connectivity index (χ1) is 15.4. The number of hydrogen-bond acceptors (Lipinski definition) is 5. The zero-order valence-corrected chi connectivity index (χ0v) is 18.6. The molecule has 0 spiro atoms. The SMILES string of the molecule is CCC(C1CN(c2cccc(C(F)(F)F)c2)CCN1)N1CCN(Cc2ccccn2)CC1. The average molecular weight is 448 g/mol. The number of benzene rings is 1. The molecule has 174 valence electrons. The summed E-state index contributed by atoms with van der Waals surface area (Å²) in [7, 11) is 0. The maximum atomic E-state index is 13.2. The van der Waals surface area contributed by atoms with E-state index >= 15 is 0 Å². The van der Waals surface area contributed by atoms with E-state index in [0.717, 1.165) is 57.4 Å². The standard InChI is InChI=1S/C24H32F3N5/c1-2-23(31-14-12-30(13-15-31)17-20-7-3-4-9-28-20)22-18-32(11-10-29-22)21-8-5-6-19(16-21)24(25,26)27/h3-9,16,22-23,29H,2,10-15,17-18H2,1H3. The fourth-order valence-electron chi connectivity index (χ4n) is 4.92. The fourth-order valence-corrected chi connectivity index (χ4v) is 4.92. The van der Waals surface area contributed by atoms with Gasteiger partial charge in [-0.05, 0) is 36.8 Å². The molecule has 8 heteroatoms. The third-order valence-electron chi connectivity index (χ3n) is 6.61. The normalized spacial score (nSPS) is 22.1. The summed E-state index contributed by atoms with van der Waals surface area (Å²) >= 11 is 0. The van der Waals surface area contributed by atoms with Crippen molar-refractivity contribution in [3.05, 3.63) is 59.9 Å². The van der Waals surface area contributed by atoms with Gasteiger partial charge in [-0.2, -0.15) is 13.2 Å². The van der Waals surface area contributed by atoms with Crippen LogP contribution in [-0.2, 0) is 12.7 Å². The molecule has 2 aliphatic rings. The number of anilines is 1. The molecule has 2 unspecified atom stereocenters. The molecule has 2 aliphatic heterocycles. The van der Waals surface area contributed by atoms with Crippen LogP contribution in [0.3, 0.4) is 0 Å². The molecule has 32 heavy (non-hydrogen) atoms. The van der Waals surface area contributed by atoms with Crippen molar-refractivity contribution < 1.29 is 13.2 Å². The van der Waals surface area contributed by atoms with Crippen molar-refractivity contribution >= 4 is 5.69 Å². The van der Waals surface area contributed by atoms with E-state index in [-0.39, 0.29) is 6.04 Å². The summed E-state index contributed by atoms with van der Waals surface area (Å²) in [5.74, 6) is 0. The Balaban J connectivity index is 1.36. The molecule has 2 aromatic rings.